The first-order valence-electron chi connectivity index (χ1n) is 5.75. The van der Waals surface area contributed by atoms with Crippen molar-refractivity contribution < 1.29 is 26.3 Å². The minimum atomic E-state index is -4.23. The Balaban J connectivity index is 3.18. The van der Waals surface area contributed by atoms with Gasteiger partial charge in [0.2, 0.25) is 10.0 Å². The van der Waals surface area contributed by atoms with Gasteiger partial charge in [0, 0.05) is 12.8 Å². The maximum absolute atomic E-state index is 13.6. The summed E-state index contributed by atoms with van der Waals surface area (Å²) in [4.78, 5) is -1.06. The molecule has 2 N–H and O–H groups in total. The second-order valence-electron chi connectivity index (χ2n) is 4.28. The topological polar surface area (TPSA) is 101 Å². The number of hydrogen-bond donors (Lipinski definition) is 2. The van der Waals surface area contributed by atoms with E-state index in [1.807, 2.05) is 4.72 Å². The lowest BCUT2D eigenvalue weighted by molar-refractivity contribution is 0.174. The molecule has 0 saturated carbocycles. The smallest absolute Gasteiger partial charge is 0.243 e. The van der Waals surface area contributed by atoms with Crippen molar-refractivity contribution in [3.05, 3.63) is 24.0 Å². The van der Waals surface area contributed by atoms with Gasteiger partial charge < -0.3 is 5.11 Å². The predicted molar refractivity (Wildman–Crippen MR) is 71.0 cm³/mol. The molecule has 20 heavy (non-hydrogen) atoms. The second-order valence-corrected chi connectivity index (χ2v) is 8.03. The molecule has 0 aromatic heterocycles. The van der Waals surface area contributed by atoms with Crippen LogP contribution in [0.1, 0.15) is 13.3 Å². The molecule has 0 spiro atoms. The fourth-order valence-electron chi connectivity index (χ4n) is 1.35. The van der Waals surface area contributed by atoms with E-state index in [-0.39, 0.29) is 11.4 Å². The Bertz CT molecular complexity index is 685. The van der Waals surface area contributed by atoms with E-state index in [0.29, 0.717) is 6.42 Å². The Labute approximate surface area is 117 Å². The number of nitrogens with one attached hydrogen (secondary N) is 1. The number of aliphatic hydroxyl groups is 1. The van der Waals surface area contributed by atoms with Crippen molar-refractivity contribution in [3.63, 3.8) is 0 Å². The van der Waals surface area contributed by atoms with Gasteiger partial charge in [-0.05, 0) is 24.6 Å². The molecular weight excluding hydrogens is 309 g/mol. The molecule has 0 aliphatic rings. The van der Waals surface area contributed by atoms with Gasteiger partial charge in [0.1, 0.15) is 10.7 Å². The zero-order valence-electron chi connectivity index (χ0n) is 11.0. The van der Waals surface area contributed by atoms with Crippen LogP contribution < -0.4 is 4.72 Å². The van der Waals surface area contributed by atoms with E-state index < -0.39 is 36.7 Å². The van der Waals surface area contributed by atoms with Crippen LogP contribution in [0.15, 0.2) is 28.0 Å². The van der Waals surface area contributed by atoms with Crippen molar-refractivity contribution in [2.45, 2.75) is 29.2 Å². The number of sulfonamides is 1. The third kappa shape index (κ3) is 4.23. The van der Waals surface area contributed by atoms with Crippen LogP contribution in [0.2, 0.25) is 0 Å². The van der Waals surface area contributed by atoms with E-state index in [1.165, 1.54) is 0 Å². The molecule has 9 heteroatoms. The number of benzene rings is 1. The van der Waals surface area contributed by atoms with Gasteiger partial charge in [-0.2, -0.15) is 0 Å². The molecule has 0 aliphatic heterocycles. The van der Waals surface area contributed by atoms with E-state index in [1.54, 1.807) is 6.92 Å². The lowest BCUT2D eigenvalue weighted by Crippen LogP contribution is -2.32. The predicted octanol–water partition coefficient (Wildman–Crippen LogP) is 0.278. The standard InChI is InChI=1S/C11H16FNO5S2/c1-3-8(14)7-13-20(17,18)11-6-9(19(2,15)16)4-5-10(11)12/h4-6,8,13-14H,3,7H2,1-2H3. The lowest BCUT2D eigenvalue weighted by atomic mass is 10.3. The summed E-state index contributed by atoms with van der Waals surface area (Å²) in [5, 5.41) is 9.30. The van der Waals surface area contributed by atoms with E-state index >= 15 is 0 Å². The van der Waals surface area contributed by atoms with Gasteiger partial charge in [0.15, 0.2) is 9.84 Å². The van der Waals surface area contributed by atoms with Crippen molar-refractivity contribution in [1.82, 2.24) is 4.72 Å². The zero-order chi connectivity index (χ0) is 15.6. The molecule has 1 atom stereocenters. The first-order chi connectivity index (χ1) is 9.08. The van der Waals surface area contributed by atoms with Crippen molar-refractivity contribution in [1.29, 1.82) is 0 Å². The Morgan fingerprint density at radius 1 is 1.30 bits per heavy atom. The first-order valence-corrected chi connectivity index (χ1v) is 9.12. The van der Waals surface area contributed by atoms with Crippen molar-refractivity contribution >= 4 is 19.9 Å². The summed E-state index contributed by atoms with van der Waals surface area (Å²) in [5.41, 5.74) is 0. The van der Waals surface area contributed by atoms with Crippen LogP contribution >= 0.6 is 0 Å². The van der Waals surface area contributed by atoms with Crippen LogP contribution in [-0.2, 0) is 19.9 Å². The average Bonchev–Trinajstić information content (AvgIpc) is 2.34. The molecule has 0 aliphatic carbocycles. The molecule has 1 rings (SSSR count). The molecule has 0 bridgehead atoms. The molecule has 1 unspecified atom stereocenters. The van der Waals surface area contributed by atoms with Crippen LogP contribution in [0.25, 0.3) is 0 Å². The van der Waals surface area contributed by atoms with Gasteiger partial charge >= 0.3 is 0 Å². The minimum Gasteiger partial charge on any atom is -0.392 e. The van der Waals surface area contributed by atoms with Crippen molar-refractivity contribution in [2.24, 2.45) is 0 Å². The molecule has 0 saturated heterocycles. The molecule has 6 nitrogen and oxygen atoms in total. The summed E-state index contributed by atoms with van der Waals surface area (Å²) >= 11 is 0. The number of aliphatic hydroxyl groups excluding tert-OH is 1. The van der Waals surface area contributed by atoms with Crippen molar-refractivity contribution in [3.8, 4) is 0 Å². The van der Waals surface area contributed by atoms with E-state index in [2.05, 4.69) is 0 Å². The lowest BCUT2D eigenvalue weighted by Gasteiger charge is -2.11. The molecule has 1 aromatic rings. The Morgan fingerprint density at radius 2 is 1.90 bits per heavy atom. The summed E-state index contributed by atoms with van der Waals surface area (Å²) in [6.07, 6.45) is 0.324. The molecular formula is C11H16FNO5S2. The largest absolute Gasteiger partial charge is 0.392 e. The average molecular weight is 325 g/mol. The zero-order valence-corrected chi connectivity index (χ0v) is 12.6. The maximum atomic E-state index is 13.6. The van der Waals surface area contributed by atoms with Gasteiger partial charge in [0.05, 0.1) is 11.0 Å². The van der Waals surface area contributed by atoms with E-state index in [0.717, 1.165) is 24.5 Å². The van der Waals surface area contributed by atoms with Crippen LogP contribution in [0.3, 0.4) is 0 Å². The monoisotopic (exact) mass is 325 g/mol. The van der Waals surface area contributed by atoms with E-state index in [4.69, 9.17) is 0 Å². The summed E-state index contributed by atoms with van der Waals surface area (Å²) in [6.45, 7) is 1.38. The molecule has 0 fully saturated rings. The fourth-order valence-corrected chi connectivity index (χ4v) is 3.24. The van der Waals surface area contributed by atoms with Crippen LogP contribution in [-0.4, -0.2) is 40.8 Å². The summed E-state index contributed by atoms with van der Waals surface area (Å²) in [6, 6.07) is 2.52. The highest BCUT2D eigenvalue weighted by Crippen LogP contribution is 2.19. The summed E-state index contributed by atoms with van der Waals surface area (Å²) in [7, 11) is -7.87. The maximum Gasteiger partial charge on any atom is 0.243 e. The Morgan fingerprint density at radius 3 is 2.40 bits per heavy atom. The highest BCUT2D eigenvalue weighted by molar-refractivity contribution is 7.91. The second kappa shape index (κ2) is 6.17. The Hall–Kier alpha value is -1.03. The fraction of sp³-hybridized carbons (Fsp3) is 0.455. The van der Waals surface area contributed by atoms with Gasteiger partial charge in [0.25, 0.3) is 0 Å². The SMILES string of the molecule is CCC(O)CNS(=O)(=O)c1cc(S(C)(=O)=O)ccc1F. The Kier molecular flexibility index (Phi) is 5.25. The molecule has 0 heterocycles. The molecule has 0 amide bonds. The molecule has 0 radical (unpaired) electrons. The number of rotatable bonds is 6. The first kappa shape index (κ1) is 17.0. The van der Waals surface area contributed by atoms with Gasteiger partial charge in [-0.25, -0.2) is 25.9 Å². The van der Waals surface area contributed by atoms with Crippen LogP contribution in [0.4, 0.5) is 4.39 Å². The highest BCUT2D eigenvalue weighted by Gasteiger charge is 2.22. The third-order valence-electron chi connectivity index (χ3n) is 2.60. The molecule has 114 valence electrons. The number of halogens is 1. The van der Waals surface area contributed by atoms with Crippen LogP contribution in [0.5, 0.6) is 0 Å². The van der Waals surface area contributed by atoms with E-state index in [9.17, 15) is 26.3 Å². The number of sulfone groups is 1. The minimum absolute atomic E-state index is 0.276. The number of hydrogen-bond acceptors (Lipinski definition) is 5. The van der Waals surface area contributed by atoms with Crippen molar-refractivity contribution in [2.75, 3.05) is 12.8 Å². The molecule has 1 aromatic carbocycles. The van der Waals surface area contributed by atoms with Gasteiger partial charge in [-0.1, -0.05) is 6.92 Å². The summed E-state index contributed by atoms with van der Waals surface area (Å²) < 4.78 is 62.1. The third-order valence-corrected chi connectivity index (χ3v) is 5.15. The normalized spacial score (nSPS) is 14.2. The van der Waals surface area contributed by atoms with Gasteiger partial charge in [-0.3, -0.25) is 0 Å². The highest BCUT2D eigenvalue weighted by atomic mass is 32.2. The van der Waals surface area contributed by atoms with Crippen LogP contribution in [0, 0.1) is 5.82 Å². The van der Waals surface area contributed by atoms with Gasteiger partial charge in [-0.15, -0.1) is 0 Å². The summed E-state index contributed by atoms with van der Waals surface area (Å²) in [5.74, 6) is -1.06. The quantitative estimate of drug-likeness (QED) is 0.732.